The summed E-state index contributed by atoms with van der Waals surface area (Å²) in [6.45, 7) is 2.69. The third-order valence-corrected chi connectivity index (χ3v) is 2.91. The van der Waals surface area contributed by atoms with E-state index in [2.05, 4.69) is 25.4 Å². The van der Waals surface area contributed by atoms with Gasteiger partial charge in [0.2, 0.25) is 0 Å². The zero-order chi connectivity index (χ0) is 13.2. The molecule has 1 N–H and O–H groups in total. The fourth-order valence-corrected chi connectivity index (χ4v) is 1.96. The highest BCUT2D eigenvalue weighted by molar-refractivity contribution is 5.71. The molecule has 0 saturated carbocycles. The van der Waals surface area contributed by atoms with Gasteiger partial charge < -0.3 is 5.32 Å². The predicted molar refractivity (Wildman–Crippen MR) is 72.6 cm³/mol. The van der Waals surface area contributed by atoms with Gasteiger partial charge in [-0.15, -0.1) is 0 Å². The Bertz CT molecular complexity index is 718. The summed E-state index contributed by atoms with van der Waals surface area (Å²) in [4.78, 5) is 12.8. The highest BCUT2D eigenvalue weighted by Crippen LogP contribution is 2.12. The molecule has 0 spiro atoms. The van der Waals surface area contributed by atoms with Crippen LogP contribution in [0.15, 0.2) is 30.7 Å². The average Bonchev–Trinajstić information content (AvgIpc) is 2.74. The summed E-state index contributed by atoms with van der Waals surface area (Å²) >= 11 is 0. The van der Waals surface area contributed by atoms with E-state index in [-0.39, 0.29) is 0 Å². The van der Waals surface area contributed by atoms with Crippen molar-refractivity contribution in [2.75, 3.05) is 5.32 Å². The van der Waals surface area contributed by atoms with Crippen molar-refractivity contribution in [1.29, 1.82) is 0 Å². The SMILES string of the molecule is Cc1nn(C)cc1CNc1ccc2nccnc2n1. The van der Waals surface area contributed by atoms with Crippen LogP contribution in [0, 0.1) is 6.92 Å². The summed E-state index contributed by atoms with van der Waals surface area (Å²) in [5.41, 5.74) is 3.63. The third-order valence-electron chi connectivity index (χ3n) is 2.91. The summed E-state index contributed by atoms with van der Waals surface area (Å²) in [5, 5.41) is 7.58. The molecule has 0 aliphatic carbocycles. The molecule has 96 valence electrons. The van der Waals surface area contributed by atoms with Crippen LogP contribution in [0.25, 0.3) is 11.2 Å². The molecule has 19 heavy (non-hydrogen) atoms. The van der Waals surface area contributed by atoms with E-state index in [1.807, 2.05) is 37.0 Å². The van der Waals surface area contributed by atoms with Gasteiger partial charge in [0, 0.05) is 37.7 Å². The molecular weight excluding hydrogens is 240 g/mol. The molecule has 0 aliphatic rings. The van der Waals surface area contributed by atoms with E-state index in [1.165, 1.54) is 0 Å². The second kappa shape index (κ2) is 4.64. The van der Waals surface area contributed by atoms with Crippen molar-refractivity contribution in [2.45, 2.75) is 13.5 Å². The second-order valence-corrected chi connectivity index (χ2v) is 4.36. The molecule has 0 amide bonds. The summed E-state index contributed by atoms with van der Waals surface area (Å²) in [5.74, 6) is 0.788. The molecule has 0 saturated heterocycles. The van der Waals surface area contributed by atoms with Crippen molar-refractivity contribution < 1.29 is 0 Å². The van der Waals surface area contributed by atoms with Crippen LogP contribution in [0.5, 0.6) is 0 Å². The van der Waals surface area contributed by atoms with Crippen LogP contribution < -0.4 is 5.32 Å². The Kier molecular flexibility index (Phi) is 2.83. The van der Waals surface area contributed by atoms with Gasteiger partial charge in [-0.2, -0.15) is 5.10 Å². The molecule has 0 aliphatic heterocycles. The summed E-state index contributed by atoms with van der Waals surface area (Å²) in [6, 6.07) is 3.82. The molecule has 0 fully saturated rings. The second-order valence-electron chi connectivity index (χ2n) is 4.36. The number of anilines is 1. The molecule has 0 aromatic carbocycles. The van der Waals surface area contributed by atoms with Crippen LogP contribution in [0.4, 0.5) is 5.82 Å². The first-order valence-corrected chi connectivity index (χ1v) is 6.03. The lowest BCUT2D eigenvalue weighted by Crippen LogP contribution is -2.02. The Morgan fingerprint density at radius 3 is 2.84 bits per heavy atom. The van der Waals surface area contributed by atoms with E-state index in [0.717, 1.165) is 22.6 Å². The van der Waals surface area contributed by atoms with Gasteiger partial charge >= 0.3 is 0 Å². The predicted octanol–water partition coefficient (Wildman–Crippen LogP) is 1.68. The Balaban J connectivity index is 1.80. The Morgan fingerprint density at radius 2 is 2.05 bits per heavy atom. The number of fused-ring (bicyclic) bond motifs is 1. The molecule has 0 atom stereocenters. The van der Waals surface area contributed by atoms with Gasteiger partial charge in [0.1, 0.15) is 11.3 Å². The molecule has 3 rings (SSSR count). The van der Waals surface area contributed by atoms with Gasteiger partial charge in [-0.3, -0.25) is 9.67 Å². The number of pyridine rings is 1. The van der Waals surface area contributed by atoms with Crippen LogP contribution in [-0.4, -0.2) is 24.7 Å². The average molecular weight is 254 g/mol. The van der Waals surface area contributed by atoms with Gasteiger partial charge in [0.05, 0.1) is 5.69 Å². The van der Waals surface area contributed by atoms with Gasteiger partial charge in [-0.25, -0.2) is 9.97 Å². The van der Waals surface area contributed by atoms with E-state index < -0.39 is 0 Å². The van der Waals surface area contributed by atoms with E-state index in [1.54, 1.807) is 12.4 Å². The van der Waals surface area contributed by atoms with E-state index >= 15 is 0 Å². The van der Waals surface area contributed by atoms with Crippen molar-refractivity contribution in [3.63, 3.8) is 0 Å². The van der Waals surface area contributed by atoms with Crippen LogP contribution in [0.1, 0.15) is 11.3 Å². The first kappa shape index (κ1) is 11.6. The Hall–Kier alpha value is -2.50. The van der Waals surface area contributed by atoms with Crippen molar-refractivity contribution in [3.05, 3.63) is 42.0 Å². The summed E-state index contributed by atoms with van der Waals surface area (Å²) in [7, 11) is 1.92. The number of hydrogen-bond acceptors (Lipinski definition) is 5. The molecule has 3 aromatic heterocycles. The maximum Gasteiger partial charge on any atom is 0.180 e. The van der Waals surface area contributed by atoms with Crippen LogP contribution in [0.2, 0.25) is 0 Å². The zero-order valence-corrected chi connectivity index (χ0v) is 10.8. The van der Waals surface area contributed by atoms with Crippen LogP contribution in [0.3, 0.4) is 0 Å². The first-order valence-electron chi connectivity index (χ1n) is 6.03. The quantitative estimate of drug-likeness (QED) is 0.770. The van der Waals surface area contributed by atoms with Crippen molar-refractivity contribution in [2.24, 2.45) is 7.05 Å². The summed E-state index contributed by atoms with van der Waals surface area (Å²) in [6.07, 6.45) is 5.31. The topological polar surface area (TPSA) is 68.5 Å². The molecular formula is C13H14N6. The Labute approximate surface area is 110 Å². The first-order chi connectivity index (χ1) is 9.22. The number of aromatic nitrogens is 5. The van der Waals surface area contributed by atoms with Crippen LogP contribution >= 0.6 is 0 Å². The molecule has 6 heteroatoms. The standard InChI is InChI=1S/C13H14N6/c1-9-10(8-19(2)18-9)7-16-12-4-3-11-13(17-12)15-6-5-14-11/h3-6,8H,7H2,1-2H3,(H,15,16,17). The lowest BCUT2D eigenvalue weighted by molar-refractivity contribution is 0.756. The molecule has 3 heterocycles. The zero-order valence-electron chi connectivity index (χ0n) is 10.8. The normalized spacial score (nSPS) is 10.8. The fraction of sp³-hybridized carbons (Fsp3) is 0.231. The van der Waals surface area contributed by atoms with E-state index in [4.69, 9.17) is 0 Å². The lowest BCUT2D eigenvalue weighted by Gasteiger charge is -2.05. The number of rotatable bonds is 3. The number of hydrogen-bond donors (Lipinski definition) is 1. The maximum absolute atomic E-state index is 4.41. The highest BCUT2D eigenvalue weighted by Gasteiger charge is 2.04. The molecule has 3 aromatic rings. The number of nitrogens with one attached hydrogen (secondary N) is 1. The van der Waals surface area contributed by atoms with Gasteiger partial charge in [-0.1, -0.05) is 0 Å². The van der Waals surface area contributed by atoms with Crippen LogP contribution in [-0.2, 0) is 13.6 Å². The van der Waals surface area contributed by atoms with Gasteiger partial charge in [0.15, 0.2) is 5.65 Å². The minimum absolute atomic E-state index is 0.649. The highest BCUT2D eigenvalue weighted by atomic mass is 15.3. The van der Waals surface area contributed by atoms with Crippen molar-refractivity contribution in [3.8, 4) is 0 Å². The molecule has 0 unspecified atom stereocenters. The maximum atomic E-state index is 4.41. The van der Waals surface area contributed by atoms with Crippen molar-refractivity contribution in [1.82, 2.24) is 24.7 Å². The van der Waals surface area contributed by atoms with E-state index in [9.17, 15) is 0 Å². The summed E-state index contributed by atoms with van der Waals surface area (Å²) < 4.78 is 1.81. The van der Waals surface area contributed by atoms with Gasteiger partial charge in [-0.05, 0) is 19.1 Å². The minimum atomic E-state index is 0.649. The monoisotopic (exact) mass is 254 g/mol. The third kappa shape index (κ3) is 2.37. The molecule has 0 radical (unpaired) electrons. The number of aryl methyl sites for hydroxylation is 2. The lowest BCUT2D eigenvalue weighted by atomic mass is 10.2. The molecule has 0 bridgehead atoms. The molecule has 6 nitrogen and oxygen atoms in total. The van der Waals surface area contributed by atoms with Gasteiger partial charge in [0.25, 0.3) is 0 Å². The fourth-order valence-electron chi connectivity index (χ4n) is 1.96. The largest absolute Gasteiger partial charge is 0.366 e. The Morgan fingerprint density at radius 1 is 1.21 bits per heavy atom. The van der Waals surface area contributed by atoms with Crippen molar-refractivity contribution >= 4 is 17.0 Å². The minimum Gasteiger partial charge on any atom is -0.366 e. The number of nitrogens with zero attached hydrogens (tertiary/aromatic N) is 5. The van der Waals surface area contributed by atoms with E-state index in [0.29, 0.717) is 12.2 Å². The smallest absolute Gasteiger partial charge is 0.180 e.